The number of carbonyl (C=O) groups excluding carboxylic acids is 3. The van der Waals surface area contributed by atoms with E-state index in [1.54, 1.807) is 86.0 Å². The number of nitrogens with zero attached hydrogens (tertiary/aromatic N) is 2. The molecule has 12 nitrogen and oxygen atoms in total. The summed E-state index contributed by atoms with van der Waals surface area (Å²) < 4.78 is 16.0. The highest BCUT2D eigenvalue weighted by Gasteiger charge is 2.35. The Morgan fingerprint density at radius 1 is 0.864 bits per heavy atom. The Bertz CT molecular complexity index is 1720. The van der Waals surface area contributed by atoms with Gasteiger partial charge in [0.05, 0.1) is 35.3 Å². The Labute approximate surface area is 251 Å². The van der Waals surface area contributed by atoms with Crippen LogP contribution >= 0.6 is 0 Å². The Balaban J connectivity index is 1.15. The lowest BCUT2D eigenvalue weighted by molar-refractivity contribution is -0.385. The zero-order valence-electron chi connectivity index (χ0n) is 23.4. The van der Waals surface area contributed by atoms with E-state index in [1.807, 2.05) is 0 Å². The molecule has 0 atom stereocenters. The van der Waals surface area contributed by atoms with E-state index in [4.69, 9.17) is 19.6 Å². The fourth-order valence-electron chi connectivity index (χ4n) is 4.52. The van der Waals surface area contributed by atoms with Crippen LogP contribution in [-0.4, -0.2) is 40.7 Å². The van der Waals surface area contributed by atoms with Gasteiger partial charge in [0.2, 0.25) is 0 Å². The van der Waals surface area contributed by atoms with E-state index in [2.05, 4.69) is 5.32 Å². The van der Waals surface area contributed by atoms with E-state index >= 15 is 0 Å². The number of methoxy groups -OCH3 is 1. The maximum Gasteiger partial charge on any atom is 0.413 e. The van der Waals surface area contributed by atoms with Gasteiger partial charge in [-0.25, -0.2) is 4.79 Å². The number of hydrogen-bond acceptors (Lipinski definition) is 9. The van der Waals surface area contributed by atoms with Gasteiger partial charge in [-0.1, -0.05) is 30.3 Å². The van der Waals surface area contributed by atoms with E-state index in [0.29, 0.717) is 39.3 Å². The first-order valence-corrected chi connectivity index (χ1v) is 13.3. The minimum absolute atomic E-state index is 0.0196. The Morgan fingerprint density at radius 3 is 2.09 bits per heavy atom. The molecule has 44 heavy (non-hydrogen) atoms. The summed E-state index contributed by atoms with van der Waals surface area (Å²) in [6.07, 6.45) is -0.787. The lowest BCUT2D eigenvalue weighted by Gasteiger charge is -2.14. The molecule has 0 saturated carbocycles. The molecule has 1 aliphatic heterocycles. The SMILES string of the molecule is COc1ccc(COC(=O)NC(=N)c2ccc(OCc3ccc(CN4C(=O)c5ccccc5C4=O)cc3[N+](=O)[O-])cc2)cc1. The number of nitro groups is 1. The molecule has 0 aromatic heterocycles. The van der Waals surface area contributed by atoms with Crippen molar-refractivity contribution in [3.63, 3.8) is 0 Å². The number of ether oxygens (including phenoxy) is 3. The summed E-state index contributed by atoms with van der Waals surface area (Å²) in [5.41, 5.74) is 2.26. The van der Waals surface area contributed by atoms with Crippen LogP contribution < -0.4 is 14.8 Å². The van der Waals surface area contributed by atoms with Gasteiger partial charge in [-0.15, -0.1) is 0 Å². The Hall–Kier alpha value is -6.04. The van der Waals surface area contributed by atoms with Crippen LogP contribution in [0.1, 0.15) is 43.0 Å². The third-order valence-electron chi connectivity index (χ3n) is 6.86. The molecule has 1 aliphatic rings. The molecule has 0 aliphatic carbocycles. The number of alkyl carbamates (subject to hydrolysis) is 1. The second-order valence-electron chi connectivity index (χ2n) is 9.70. The number of rotatable bonds is 10. The topological polar surface area (TPSA) is 161 Å². The van der Waals surface area contributed by atoms with E-state index < -0.39 is 22.8 Å². The molecule has 0 bridgehead atoms. The molecule has 4 aromatic rings. The smallest absolute Gasteiger partial charge is 0.413 e. The summed E-state index contributed by atoms with van der Waals surface area (Å²) in [5.74, 6) is -0.00913. The summed E-state index contributed by atoms with van der Waals surface area (Å²) in [7, 11) is 1.56. The van der Waals surface area contributed by atoms with Crippen molar-refractivity contribution in [2.45, 2.75) is 19.8 Å². The van der Waals surface area contributed by atoms with Crippen LogP contribution in [-0.2, 0) is 24.5 Å². The summed E-state index contributed by atoms with van der Waals surface area (Å²) >= 11 is 0. The fraction of sp³-hybridized carbons (Fsp3) is 0.125. The molecule has 222 valence electrons. The zero-order valence-corrected chi connectivity index (χ0v) is 23.4. The third kappa shape index (κ3) is 6.54. The summed E-state index contributed by atoms with van der Waals surface area (Å²) in [6, 6.07) is 24.2. The second-order valence-corrected chi connectivity index (χ2v) is 9.70. The normalized spacial score (nSPS) is 12.0. The van der Waals surface area contributed by atoms with Crippen molar-refractivity contribution in [1.82, 2.24) is 10.2 Å². The lowest BCUT2D eigenvalue weighted by Crippen LogP contribution is -2.30. The second kappa shape index (κ2) is 12.9. The van der Waals surface area contributed by atoms with Crippen LogP contribution in [0.25, 0.3) is 0 Å². The Morgan fingerprint density at radius 2 is 1.48 bits per heavy atom. The highest BCUT2D eigenvalue weighted by molar-refractivity contribution is 6.21. The largest absolute Gasteiger partial charge is 0.497 e. The van der Waals surface area contributed by atoms with Gasteiger partial charge in [0.25, 0.3) is 17.5 Å². The predicted molar refractivity (Wildman–Crippen MR) is 158 cm³/mol. The standard InChI is InChI=1S/C32H26N4O8/c1-42-24-12-7-20(8-13-24)18-44-32(39)34-29(33)22-10-14-25(15-11-22)43-19-23-9-6-21(16-28(23)36(40)41)17-35-30(37)26-4-2-3-5-27(26)31(35)38/h2-16H,17-19H2,1H3,(H2,33,34,39). The number of hydrogen-bond donors (Lipinski definition) is 2. The molecule has 12 heteroatoms. The van der Waals surface area contributed by atoms with Crippen LogP contribution in [0.3, 0.4) is 0 Å². The van der Waals surface area contributed by atoms with Crippen molar-refractivity contribution in [2.24, 2.45) is 0 Å². The van der Waals surface area contributed by atoms with Crippen molar-refractivity contribution in [3.05, 3.63) is 134 Å². The molecule has 5 rings (SSSR count). The number of amides is 3. The van der Waals surface area contributed by atoms with Crippen LogP contribution in [0.2, 0.25) is 0 Å². The summed E-state index contributed by atoms with van der Waals surface area (Å²) in [4.78, 5) is 49.8. The van der Waals surface area contributed by atoms with Gasteiger partial charge < -0.3 is 14.2 Å². The zero-order chi connectivity index (χ0) is 31.2. The Kier molecular flexibility index (Phi) is 8.61. The van der Waals surface area contributed by atoms with E-state index in [1.165, 1.54) is 12.1 Å². The molecule has 1 heterocycles. The van der Waals surface area contributed by atoms with E-state index in [-0.39, 0.29) is 31.3 Å². The van der Waals surface area contributed by atoms with Gasteiger partial charge >= 0.3 is 6.09 Å². The number of nitrogens with one attached hydrogen (secondary N) is 2. The third-order valence-corrected chi connectivity index (χ3v) is 6.86. The molecule has 0 radical (unpaired) electrons. The average molecular weight is 595 g/mol. The van der Waals surface area contributed by atoms with Gasteiger partial charge in [0.1, 0.15) is 30.5 Å². The lowest BCUT2D eigenvalue weighted by atomic mass is 10.1. The predicted octanol–water partition coefficient (Wildman–Crippen LogP) is 5.23. The van der Waals surface area contributed by atoms with Gasteiger partial charge in [-0.05, 0) is 65.7 Å². The first-order valence-electron chi connectivity index (χ1n) is 13.3. The van der Waals surface area contributed by atoms with Gasteiger partial charge in [-0.3, -0.25) is 35.3 Å². The highest BCUT2D eigenvalue weighted by atomic mass is 16.6. The van der Waals surface area contributed by atoms with E-state index in [0.717, 1.165) is 10.5 Å². The summed E-state index contributed by atoms with van der Waals surface area (Å²) in [6.45, 7) is -0.215. The van der Waals surface area contributed by atoms with Crippen molar-refractivity contribution < 1.29 is 33.5 Å². The first kappa shape index (κ1) is 29.5. The van der Waals surface area contributed by atoms with Crippen LogP contribution in [0.5, 0.6) is 11.5 Å². The molecular formula is C32H26N4O8. The van der Waals surface area contributed by atoms with Crippen molar-refractivity contribution in [1.29, 1.82) is 5.41 Å². The summed E-state index contributed by atoms with van der Waals surface area (Å²) in [5, 5.41) is 22.3. The quantitative estimate of drug-likeness (QED) is 0.0829. The highest BCUT2D eigenvalue weighted by Crippen LogP contribution is 2.27. The molecule has 4 aromatic carbocycles. The molecule has 3 amide bonds. The minimum atomic E-state index is -0.787. The number of amidine groups is 1. The number of imide groups is 1. The van der Waals surface area contributed by atoms with Crippen molar-refractivity contribution >= 4 is 29.4 Å². The van der Waals surface area contributed by atoms with Crippen molar-refractivity contribution in [2.75, 3.05) is 7.11 Å². The minimum Gasteiger partial charge on any atom is -0.497 e. The fourth-order valence-corrected chi connectivity index (χ4v) is 4.52. The van der Waals surface area contributed by atoms with Crippen LogP contribution in [0.4, 0.5) is 10.5 Å². The molecular weight excluding hydrogens is 568 g/mol. The van der Waals surface area contributed by atoms with E-state index in [9.17, 15) is 24.5 Å². The molecule has 2 N–H and O–H groups in total. The van der Waals surface area contributed by atoms with Gasteiger partial charge in [-0.2, -0.15) is 0 Å². The van der Waals surface area contributed by atoms with Crippen LogP contribution in [0.15, 0.2) is 91.0 Å². The van der Waals surface area contributed by atoms with Crippen LogP contribution in [0, 0.1) is 15.5 Å². The maximum absolute atomic E-state index is 12.7. The van der Waals surface area contributed by atoms with Gasteiger partial charge in [0, 0.05) is 11.6 Å². The average Bonchev–Trinajstić information content (AvgIpc) is 3.28. The molecule has 0 saturated heterocycles. The number of fused-ring (bicyclic) bond motifs is 1. The molecule has 0 fully saturated rings. The monoisotopic (exact) mass is 594 g/mol. The first-order chi connectivity index (χ1) is 21.2. The van der Waals surface area contributed by atoms with Gasteiger partial charge in [0.15, 0.2) is 0 Å². The number of carbonyl (C=O) groups is 3. The molecule has 0 unspecified atom stereocenters. The van der Waals surface area contributed by atoms with Crippen molar-refractivity contribution in [3.8, 4) is 11.5 Å². The maximum atomic E-state index is 12.7. The number of nitro benzene ring substituents is 1. The number of benzene rings is 4. The molecule has 0 spiro atoms.